The van der Waals surface area contributed by atoms with E-state index in [1.165, 1.54) is 25.2 Å². The van der Waals surface area contributed by atoms with Crippen molar-refractivity contribution in [1.82, 2.24) is 14.5 Å². The van der Waals surface area contributed by atoms with Gasteiger partial charge in [0.1, 0.15) is 5.75 Å². The van der Waals surface area contributed by atoms with Gasteiger partial charge in [0.2, 0.25) is 10.0 Å². The molecule has 0 aromatic heterocycles. The first-order valence-corrected chi connectivity index (χ1v) is 10.6. The molecule has 0 spiro atoms. The summed E-state index contributed by atoms with van der Waals surface area (Å²) < 4.78 is 26.3. The van der Waals surface area contributed by atoms with E-state index in [-0.39, 0.29) is 28.0 Å². The molecule has 1 fully saturated rings. The summed E-state index contributed by atoms with van der Waals surface area (Å²) in [7, 11) is -2.34. The second-order valence-corrected chi connectivity index (χ2v) is 8.67. The number of hydrogen-bond donors (Lipinski definition) is 2. The number of carbonyl (C=O) groups is 2. The summed E-state index contributed by atoms with van der Waals surface area (Å²) in [5.41, 5.74) is 1.23. The van der Waals surface area contributed by atoms with E-state index in [0.29, 0.717) is 37.3 Å². The van der Waals surface area contributed by atoms with Crippen LogP contribution in [0.3, 0.4) is 0 Å². The molecule has 2 aromatic carbocycles. The lowest BCUT2D eigenvalue weighted by Crippen LogP contribution is -2.50. The predicted molar refractivity (Wildman–Crippen MR) is 107 cm³/mol. The molecule has 0 bridgehead atoms. The fourth-order valence-electron chi connectivity index (χ4n) is 3.22. The minimum absolute atomic E-state index is 0.0299. The van der Waals surface area contributed by atoms with E-state index in [0.717, 1.165) is 0 Å². The van der Waals surface area contributed by atoms with Crippen molar-refractivity contribution in [2.45, 2.75) is 11.8 Å². The SMILES string of the molecule is CNS(=O)(=O)c1ccc(C)c(C(=O)N2CCN(C(=O)c3ccccc3O)CC2)c1. The number of para-hydroxylation sites is 1. The van der Waals surface area contributed by atoms with Gasteiger partial charge in [-0.2, -0.15) is 0 Å². The summed E-state index contributed by atoms with van der Waals surface area (Å²) in [4.78, 5) is 28.8. The summed E-state index contributed by atoms with van der Waals surface area (Å²) in [5.74, 6) is -0.631. The predicted octanol–water partition coefficient (Wildman–Crippen LogP) is 1.21. The lowest BCUT2D eigenvalue weighted by molar-refractivity contribution is 0.0533. The number of piperazine rings is 1. The minimum Gasteiger partial charge on any atom is -0.507 e. The molecule has 1 saturated heterocycles. The summed E-state index contributed by atoms with van der Waals surface area (Å²) in [6, 6.07) is 10.8. The molecule has 2 N–H and O–H groups in total. The Kier molecular flexibility index (Phi) is 5.90. The van der Waals surface area contributed by atoms with Gasteiger partial charge in [-0.1, -0.05) is 18.2 Å². The number of benzene rings is 2. The Bertz CT molecular complexity index is 1040. The van der Waals surface area contributed by atoms with E-state index in [9.17, 15) is 23.1 Å². The molecule has 1 aliphatic rings. The fourth-order valence-corrected chi connectivity index (χ4v) is 3.98. The highest BCUT2D eigenvalue weighted by Gasteiger charge is 2.28. The van der Waals surface area contributed by atoms with Gasteiger partial charge in [0, 0.05) is 31.7 Å². The largest absolute Gasteiger partial charge is 0.507 e. The van der Waals surface area contributed by atoms with Crippen LogP contribution in [-0.2, 0) is 10.0 Å². The van der Waals surface area contributed by atoms with Gasteiger partial charge in [0.25, 0.3) is 11.8 Å². The van der Waals surface area contributed by atoms with Gasteiger partial charge in [0.15, 0.2) is 0 Å². The third-order valence-electron chi connectivity index (χ3n) is 5.01. The highest BCUT2D eigenvalue weighted by Crippen LogP contribution is 2.21. The van der Waals surface area contributed by atoms with Crippen molar-refractivity contribution >= 4 is 21.8 Å². The molecular formula is C20H23N3O5S. The Morgan fingerprint density at radius 1 is 0.931 bits per heavy atom. The first-order chi connectivity index (χ1) is 13.7. The highest BCUT2D eigenvalue weighted by atomic mass is 32.2. The van der Waals surface area contributed by atoms with Crippen LogP contribution in [0.5, 0.6) is 5.75 Å². The molecular weight excluding hydrogens is 394 g/mol. The third kappa shape index (κ3) is 4.25. The number of carbonyl (C=O) groups excluding carboxylic acids is 2. The number of aryl methyl sites for hydroxylation is 1. The number of rotatable bonds is 4. The Morgan fingerprint density at radius 2 is 1.48 bits per heavy atom. The van der Waals surface area contributed by atoms with Crippen LogP contribution >= 0.6 is 0 Å². The second kappa shape index (κ2) is 8.22. The van der Waals surface area contributed by atoms with Crippen LogP contribution in [0, 0.1) is 6.92 Å². The Morgan fingerprint density at radius 3 is 2.03 bits per heavy atom. The molecule has 1 aliphatic heterocycles. The smallest absolute Gasteiger partial charge is 0.257 e. The maximum Gasteiger partial charge on any atom is 0.257 e. The van der Waals surface area contributed by atoms with Crippen LogP contribution in [0.4, 0.5) is 0 Å². The molecule has 0 saturated carbocycles. The normalized spacial score (nSPS) is 14.7. The van der Waals surface area contributed by atoms with Crippen molar-refractivity contribution < 1.29 is 23.1 Å². The van der Waals surface area contributed by atoms with Gasteiger partial charge in [-0.3, -0.25) is 9.59 Å². The van der Waals surface area contributed by atoms with E-state index in [4.69, 9.17) is 0 Å². The number of amides is 2. The molecule has 0 atom stereocenters. The van der Waals surface area contributed by atoms with Gasteiger partial charge in [0.05, 0.1) is 10.5 Å². The average Bonchev–Trinajstić information content (AvgIpc) is 2.73. The number of sulfonamides is 1. The van der Waals surface area contributed by atoms with Gasteiger partial charge in [-0.25, -0.2) is 13.1 Å². The summed E-state index contributed by atoms with van der Waals surface area (Å²) in [6.07, 6.45) is 0. The number of phenolic OH excluding ortho intramolecular Hbond substituents is 1. The lowest BCUT2D eigenvalue weighted by atomic mass is 10.1. The van der Waals surface area contributed by atoms with E-state index in [1.54, 1.807) is 41.0 Å². The number of aromatic hydroxyl groups is 1. The second-order valence-electron chi connectivity index (χ2n) is 6.79. The maximum atomic E-state index is 13.0. The van der Waals surface area contributed by atoms with E-state index in [1.807, 2.05) is 0 Å². The molecule has 0 unspecified atom stereocenters. The molecule has 3 rings (SSSR count). The molecule has 1 heterocycles. The van der Waals surface area contributed by atoms with Crippen molar-refractivity contribution in [3.8, 4) is 5.75 Å². The highest BCUT2D eigenvalue weighted by molar-refractivity contribution is 7.89. The molecule has 2 aromatic rings. The average molecular weight is 417 g/mol. The summed E-state index contributed by atoms with van der Waals surface area (Å²) in [6.45, 7) is 3.04. The van der Waals surface area contributed by atoms with Gasteiger partial charge in [-0.05, 0) is 43.8 Å². The van der Waals surface area contributed by atoms with E-state index in [2.05, 4.69) is 4.72 Å². The van der Waals surface area contributed by atoms with Gasteiger partial charge < -0.3 is 14.9 Å². The quantitative estimate of drug-likeness (QED) is 0.778. The number of phenols is 1. The van der Waals surface area contributed by atoms with Crippen molar-refractivity contribution in [3.63, 3.8) is 0 Å². The first kappa shape index (κ1) is 20.8. The monoisotopic (exact) mass is 417 g/mol. The maximum absolute atomic E-state index is 13.0. The minimum atomic E-state index is -3.65. The van der Waals surface area contributed by atoms with Crippen LogP contribution in [0.2, 0.25) is 0 Å². The Hall–Kier alpha value is -2.91. The molecule has 154 valence electrons. The van der Waals surface area contributed by atoms with Crippen LogP contribution in [0.25, 0.3) is 0 Å². The zero-order valence-electron chi connectivity index (χ0n) is 16.3. The molecule has 29 heavy (non-hydrogen) atoms. The molecule has 0 aliphatic carbocycles. The molecule has 0 radical (unpaired) electrons. The van der Waals surface area contributed by atoms with Crippen LogP contribution in [0.15, 0.2) is 47.4 Å². The van der Waals surface area contributed by atoms with Crippen molar-refractivity contribution in [3.05, 3.63) is 59.2 Å². The van der Waals surface area contributed by atoms with Crippen molar-refractivity contribution in [1.29, 1.82) is 0 Å². The van der Waals surface area contributed by atoms with Gasteiger partial charge in [-0.15, -0.1) is 0 Å². The molecule has 9 heteroatoms. The fraction of sp³-hybridized carbons (Fsp3) is 0.300. The summed E-state index contributed by atoms with van der Waals surface area (Å²) in [5, 5.41) is 9.88. The number of nitrogens with one attached hydrogen (secondary N) is 1. The molecule has 8 nitrogen and oxygen atoms in total. The van der Waals surface area contributed by atoms with Crippen LogP contribution in [0.1, 0.15) is 26.3 Å². The number of hydrogen-bond acceptors (Lipinski definition) is 5. The van der Waals surface area contributed by atoms with Crippen LogP contribution < -0.4 is 4.72 Å². The number of nitrogens with zero attached hydrogens (tertiary/aromatic N) is 2. The first-order valence-electron chi connectivity index (χ1n) is 9.15. The van der Waals surface area contributed by atoms with Crippen molar-refractivity contribution in [2.24, 2.45) is 0 Å². The third-order valence-corrected chi connectivity index (χ3v) is 6.42. The standard InChI is InChI=1S/C20H23N3O5S/c1-14-7-8-15(29(27,28)21-2)13-17(14)20(26)23-11-9-22(10-12-23)19(25)16-5-3-4-6-18(16)24/h3-8,13,21,24H,9-12H2,1-2H3. The van der Waals surface area contributed by atoms with Gasteiger partial charge >= 0.3 is 0 Å². The zero-order chi connectivity index (χ0) is 21.2. The Balaban J connectivity index is 1.73. The zero-order valence-corrected chi connectivity index (χ0v) is 17.1. The van der Waals surface area contributed by atoms with Crippen LogP contribution in [-0.4, -0.2) is 68.4 Å². The topological polar surface area (TPSA) is 107 Å². The lowest BCUT2D eigenvalue weighted by Gasteiger charge is -2.35. The van der Waals surface area contributed by atoms with E-state index < -0.39 is 10.0 Å². The van der Waals surface area contributed by atoms with E-state index >= 15 is 0 Å². The summed E-state index contributed by atoms with van der Waals surface area (Å²) >= 11 is 0. The Labute approximate surface area is 169 Å². The molecule has 2 amide bonds. The van der Waals surface area contributed by atoms with Crippen molar-refractivity contribution in [2.75, 3.05) is 33.2 Å².